The molecule has 0 radical (unpaired) electrons. The van der Waals surface area contributed by atoms with Crippen LogP contribution >= 0.6 is 0 Å². The number of anilines is 1. The summed E-state index contributed by atoms with van der Waals surface area (Å²) in [6.45, 7) is 6.25. The third-order valence-corrected chi connectivity index (χ3v) is 3.05. The fraction of sp³-hybridized carbons (Fsp3) is 0.571. The molecule has 20 heavy (non-hydrogen) atoms. The van der Waals surface area contributed by atoms with Crippen LogP contribution in [0.4, 0.5) is 5.82 Å². The van der Waals surface area contributed by atoms with Crippen molar-refractivity contribution in [2.24, 2.45) is 5.84 Å². The van der Waals surface area contributed by atoms with Crippen molar-refractivity contribution in [1.82, 2.24) is 14.8 Å². The fourth-order valence-corrected chi connectivity index (χ4v) is 2.03. The number of hydrogen-bond donors (Lipinski definition) is 2. The number of amides is 1. The maximum Gasteiger partial charge on any atom is 0.254 e. The highest BCUT2D eigenvalue weighted by atomic mass is 16.2. The van der Waals surface area contributed by atoms with Crippen LogP contribution < -0.4 is 11.3 Å². The molecular weight excluding hydrogens is 254 g/mol. The molecule has 0 aliphatic rings. The van der Waals surface area contributed by atoms with Gasteiger partial charge in [0.25, 0.3) is 5.91 Å². The van der Waals surface area contributed by atoms with Crippen LogP contribution in [0.1, 0.15) is 29.4 Å². The Morgan fingerprint density at radius 3 is 2.60 bits per heavy atom. The SMILES string of the molecule is CCN(CCCN(C)C)C(=O)c1cc(C)nc(NN)c1. The number of nitrogens with two attached hydrogens (primary N) is 1. The number of nitrogen functional groups attached to an aromatic ring is 1. The lowest BCUT2D eigenvalue weighted by Crippen LogP contribution is -2.33. The highest BCUT2D eigenvalue weighted by Crippen LogP contribution is 2.12. The normalized spacial score (nSPS) is 10.7. The van der Waals surface area contributed by atoms with Crippen molar-refractivity contribution in [1.29, 1.82) is 0 Å². The third kappa shape index (κ3) is 4.79. The van der Waals surface area contributed by atoms with Crippen molar-refractivity contribution in [2.75, 3.05) is 39.2 Å². The number of hydrazine groups is 1. The zero-order valence-corrected chi connectivity index (χ0v) is 12.8. The van der Waals surface area contributed by atoms with Crippen molar-refractivity contribution in [3.63, 3.8) is 0 Å². The van der Waals surface area contributed by atoms with Crippen molar-refractivity contribution >= 4 is 11.7 Å². The summed E-state index contributed by atoms with van der Waals surface area (Å²) >= 11 is 0. The molecule has 0 aliphatic heterocycles. The van der Waals surface area contributed by atoms with Gasteiger partial charge in [-0.15, -0.1) is 0 Å². The molecule has 1 aromatic rings. The summed E-state index contributed by atoms with van der Waals surface area (Å²) in [4.78, 5) is 20.6. The lowest BCUT2D eigenvalue weighted by atomic mass is 10.2. The lowest BCUT2D eigenvalue weighted by molar-refractivity contribution is 0.0759. The number of nitrogens with one attached hydrogen (secondary N) is 1. The molecule has 1 rings (SSSR count). The molecule has 0 fully saturated rings. The van der Waals surface area contributed by atoms with Gasteiger partial charge in [-0.25, -0.2) is 10.8 Å². The van der Waals surface area contributed by atoms with E-state index in [-0.39, 0.29) is 5.91 Å². The van der Waals surface area contributed by atoms with Gasteiger partial charge in [-0.1, -0.05) is 0 Å². The molecular formula is C14H25N5O. The Kier molecular flexibility index (Phi) is 6.41. The Morgan fingerprint density at radius 1 is 1.35 bits per heavy atom. The van der Waals surface area contributed by atoms with Gasteiger partial charge in [0.15, 0.2) is 0 Å². The zero-order chi connectivity index (χ0) is 15.1. The highest BCUT2D eigenvalue weighted by Gasteiger charge is 2.15. The van der Waals surface area contributed by atoms with Crippen molar-refractivity contribution in [3.8, 4) is 0 Å². The number of hydrogen-bond acceptors (Lipinski definition) is 5. The van der Waals surface area contributed by atoms with E-state index in [4.69, 9.17) is 5.84 Å². The number of rotatable bonds is 7. The van der Waals surface area contributed by atoms with Crippen LogP contribution in [-0.2, 0) is 0 Å². The molecule has 0 saturated carbocycles. The molecule has 0 atom stereocenters. The van der Waals surface area contributed by atoms with Gasteiger partial charge >= 0.3 is 0 Å². The molecule has 0 spiro atoms. The van der Waals surface area contributed by atoms with E-state index in [1.807, 2.05) is 32.8 Å². The number of carbonyl (C=O) groups is 1. The Bertz CT molecular complexity index is 447. The second kappa shape index (κ2) is 7.81. The quantitative estimate of drug-likeness (QED) is 0.577. The van der Waals surface area contributed by atoms with Crippen LogP contribution in [-0.4, -0.2) is 54.4 Å². The van der Waals surface area contributed by atoms with Gasteiger partial charge in [0.2, 0.25) is 0 Å². The smallest absolute Gasteiger partial charge is 0.254 e. The summed E-state index contributed by atoms with van der Waals surface area (Å²) in [6, 6.07) is 3.47. The first-order valence-corrected chi connectivity index (χ1v) is 6.87. The molecule has 1 aromatic heterocycles. The van der Waals surface area contributed by atoms with Gasteiger partial charge in [-0.05, 0) is 53.0 Å². The topological polar surface area (TPSA) is 74.5 Å². The Morgan fingerprint density at radius 2 is 2.05 bits per heavy atom. The largest absolute Gasteiger partial charge is 0.339 e. The minimum atomic E-state index is 0.0215. The summed E-state index contributed by atoms with van der Waals surface area (Å²) in [5.41, 5.74) is 3.88. The lowest BCUT2D eigenvalue weighted by Gasteiger charge is -2.22. The second-order valence-electron chi connectivity index (χ2n) is 5.07. The molecule has 0 aliphatic carbocycles. The zero-order valence-electron chi connectivity index (χ0n) is 12.8. The Labute approximate surface area is 120 Å². The molecule has 1 heterocycles. The van der Waals surface area contributed by atoms with E-state index >= 15 is 0 Å². The average Bonchev–Trinajstić information content (AvgIpc) is 2.41. The molecule has 3 N–H and O–H groups in total. The molecule has 6 heteroatoms. The van der Waals surface area contributed by atoms with E-state index < -0.39 is 0 Å². The average molecular weight is 279 g/mol. The summed E-state index contributed by atoms with van der Waals surface area (Å²) in [7, 11) is 4.06. The fourth-order valence-electron chi connectivity index (χ4n) is 2.03. The van der Waals surface area contributed by atoms with Crippen LogP contribution in [0, 0.1) is 6.92 Å². The summed E-state index contributed by atoms with van der Waals surface area (Å²) in [5.74, 6) is 5.90. The van der Waals surface area contributed by atoms with E-state index in [9.17, 15) is 4.79 Å². The number of carbonyl (C=O) groups excluding carboxylic acids is 1. The first-order chi connectivity index (χ1) is 9.47. The summed E-state index contributed by atoms with van der Waals surface area (Å²) in [5, 5.41) is 0. The minimum Gasteiger partial charge on any atom is -0.339 e. The van der Waals surface area contributed by atoms with Gasteiger partial charge in [-0.3, -0.25) is 4.79 Å². The summed E-state index contributed by atoms with van der Waals surface area (Å²) < 4.78 is 0. The van der Waals surface area contributed by atoms with Gasteiger partial charge in [-0.2, -0.15) is 0 Å². The number of pyridine rings is 1. The summed E-state index contributed by atoms with van der Waals surface area (Å²) in [6.07, 6.45) is 0.957. The van der Waals surface area contributed by atoms with Crippen molar-refractivity contribution in [2.45, 2.75) is 20.3 Å². The maximum absolute atomic E-state index is 12.5. The molecule has 6 nitrogen and oxygen atoms in total. The van der Waals surface area contributed by atoms with Crippen LogP contribution in [0.25, 0.3) is 0 Å². The monoisotopic (exact) mass is 279 g/mol. The van der Waals surface area contributed by atoms with Crippen molar-refractivity contribution in [3.05, 3.63) is 23.4 Å². The van der Waals surface area contributed by atoms with Gasteiger partial charge in [0.1, 0.15) is 5.82 Å². The molecule has 1 amide bonds. The standard InChI is InChI=1S/C14H25N5O/c1-5-19(8-6-7-18(3)4)14(20)12-9-11(2)16-13(10-12)17-15/h9-10H,5-8,15H2,1-4H3,(H,16,17). The first kappa shape index (κ1) is 16.4. The van der Waals surface area contributed by atoms with E-state index in [0.717, 1.165) is 25.2 Å². The predicted octanol–water partition coefficient (Wildman–Crippen LogP) is 1.09. The van der Waals surface area contributed by atoms with E-state index in [1.165, 1.54) is 0 Å². The molecule has 0 saturated heterocycles. The molecule has 0 aromatic carbocycles. The first-order valence-electron chi connectivity index (χ1n) is 6.87. The Hall–Kier alpha value is -1.66. The third-order valence-electron chi connectivity index (χ3n) is 3.05. The number of nitrogens with zero attached hydrogens (tertiary/aromatic N) is 3. The van der Waals surface area contributed by atoms with Gasteiger partial charge < -0.3 is 15.2 Å². The molecule has 112 valence electrons. The van der Waals surface area contributed by atoms with Crippen LogP contribution in [0.5, 0.6) is 0 Å². The molecule has 0 bridgehead atoms. The van der Waals surface area contributed by atoms with Crippen LogP contribution in [0.15, 0.2) is 12.1 Å². The van der Waals surface area contributed by atoms with E-state index in [0.29, 0.717) is 17.9 Å². The number of aryl methyl sites for hydroxylation is 1. The van der Waals surface area contributed by atoms with Crippen LogP contribution in [0.3, 0.4) is 0 Å². The van der Waals surface area contributed by atoms with Gasteiger partial charge in [0.05, 0.1) is 0 Å². The maximum atomic E-state index is 12.5. The number of aromatic nitrogens is 1. The highest BCUT2D eigenvalue weighted by molar-refractivity contribution is 5.95. The van der Waals surface area contributed by atoms with Gasteiger partial charge in [0, 0.05) is 24.3 Å². The van der Waals surface area contributed by atoms with Crippen LogP contribution in [0.2, 0.25) is 0 Å². The van der Waals surface area contributed by atoms with E-state index in [2.05, 4.69) is 15.3 Å². The minimum absolute atomic E-state index is 0.0215. The van der Waals surface area contributed by atoms with Crippen molar-refractivity contribution < 1.29 is 4.79 Å². The second-order valence-corrected chi connectivity index (χ2v) is 5.07. The Balaban J connectivity index is 2.77. The molecule has 0 unspecified atom stereocenters. The van der Waals surface area contributed by atoms with E-state index in [1.54, 1.807) is 12.1 Å². The predicted molar refractivity (Wildman–Crippen MR) is 81.5 cm³/mol.